The van der Waals surface area contributed by atoms with Gasteiger partial charge < -0.3 is 5.32 Å². The Labute approximate surface area is 111 Å². The molecule has 1 amide bonds. The number of likely N-dealkylation sites (tertiary alicyclic amines) is 1. The van der Waals surface area contributed by atoms with E-state index >= 15 is 0 Å². The molecule has 0 bridgehead atoms. The van der Waals surface area contributed by atoms with Crippen LogP contribution in [-0.2, 0) is 4.79 Å². The predicted molar refractivity (Wildman–Crippen MR) is 74.4 cm³/mol. The molecule has 2 fully saturated rings. The van der Waals surface area contributed by atoms with E-state index in [4.69, 9.17) is 0 Å². The molecule has 2 rings (SSSR count). The van der Waals surface area contributed by atoms with Crippen molar-refractivity contribution in [3.8, 4) is 0 Å². The van der Waals surface area contributed by atoms with Gasteiger partial charge >= 0.3 is 0 Å². The molecule has 2 aliphatic rings. The van der Waals surface area contributed by atoms with E-state index in [-0.39, 0.29) is 11.9 Å². The van der Waals surface area contributed by atoms with Gasteiger partial charge in [-0.3, -0.25) is 9.69 Å². The van der Waals surface area contributed by atoms with E-state index in [2.05, 4.69) is 31.0 Å². The number of nitrogens with one attached hydrogen (secondary N) is 1. The Hall–Kier alpha value is -0.570. The number of hydrogen-bond donors (Lipinski definition) is 1. The van der Waals surface area contributed by atoms with Crippen molar-refractivity contribution >= 4 is 5.91 Å². The van der Waals surface area contributed by atoms with Crippen LogP contribution in [-0.4, -0.2) is 36.0 Å². The third kappa shape index (κ3) is 3.47. The summed E-state index contributed by atoms with van der Waals surface area (Å²) in [7, 11) is 0. The fraction of sp³-hybridized carbons (Fsp3) is 0.933. The summed E-state index contributed by atoms with van der Waals surface area (Å²) in [5, 5.41) is 3.26. The molecule has 0 spiro atoms. The van der Waals surface area contributed by atoms with Gasteiger partial charge in [0.1, 0.15) is 0 Å². The maximum Gasteiger partial charge on any atom is 0.237 e. The summed E-state index contributed by atoms with van der Waals surface area (Å²) in [4.78, 5) is 14.6. The Morgan fingerprint density at radius 2 is 2.17 bits per heavy atom. The Kier molecular flexibility index (Phi) is 4.66. The normalized spacial score (nSPS) is 32.6. The first-order chi connectivity index (χ1) is 8.61. The quantitative estimate of drug-likeness (QED) is 0.815. The Bertz CT molecular complexity index is 290. The molecular weight excluding hydrogens is 224 g/mol. The van der Waals surface area contributed by atoms with Gasteiger partial charge in [0.15, 0.2) is 0 Å². The van der Waals surface area contributed by atoms with Crippen molar-refractivity contribution in [1.82, 2.24) is 10.2 Å². The monoisotopic (exact) mass is 252 g/mol. The van der Waals surface area contributed by atoms with Gasteiger partial charge in [0.2, 0.25) is 5.91 Å². The molecule has 0 aromatic carbocycles. The van der Waals surface area contributed by atoms with Gasteiger partial charge in [-0.05, 0) is 50.6 Å². The Morgan fingerprint density at radius 1 is 1.39 bits per heavy atom. The first kappa shape index (κ1) is 13.9. The zero-order valence-electron chi connectivity index (χ0n) is 12.1. The molecule has 3 nitrogen and oxygen atoms in total. The highest BCUT2D eigenvalue weighted by atomic mass is 16.2. The van der Waals surface area contributed by atoms with Crippen LogP contribution in [0.4, 0.5) is 0 Å². The van der Waals surface area contributed by atoms with Crippen LogP contribution in [0.5, 0.6) is 0 Å². The van der Waals surface area contributed by atoms with Crippen LogP contribution in [0.1, 0.15) is 52.9 Å². The molecule has 1 saturated heterocycles. The van der Waals surface area contributed by atoms with Crippen LogP contribution in [0.25, 0.3) is 0 Å². The van der Waals surface area contributed by atoms with Crippen LogP contribution in [0.2, 0.25) is 0 Å². The van der Waals surface area contributed by atoms with Gasteiger partial charge in [-0.1, -0.05) is 27.2 Å². The van der Waals surface area contributed by atoms with Gasteiger partial charge in [0, 0.05) is 6.04 Å². The lowest BCUT2D eigenvalue weighted by molar-refractivity contribution is -0.127. The lowest BCUT2D eigenvalue weighted by atomic mass is 10.0. The molecule has 104 valence electrons. The van der Waals surface area contributed by atoms with Crippen LogP contribution in [0, 0.1) is 11.8 Å². The first-order valence-corrected chi connectivity index (χ1v) is 7.66. The molecule has 1 heterocycles. The number of carbonyl (C=O) groups excluding carboxylic acids is 1. The summed E-state index contributed by atoms with van der Waals surface area (Å²) in [6, 6.07) is 0.615. The molecule has 3 heteroatoms. The molecule has 0 aromatic rings. The lowest BCUT2D eigenvalue weighted by Gasteiger charge is -2.33. The Balaban J connectivity index is 1.77. The second-order valence-electron chi connectivity index (χ2n) is 6.38. The average Bonchev–Trinajstić information content (AvgIpc) is 3.05. The smallest absolute Gasteiger partial charge is 0.237 e. The molecule has 1 saturated carbocycles. The van der Waals surface area contributed by atoms with Crippen molar-refractivity contribution in [2.75, 3.05) is 13.1 Å². The van der Waals surface area contributed by atoms with Gasteiger partial charge in [0.05, 0.1) is 6.04 Å². The highest BCUT2D eigenvalue weighted by Gasteiger charge is 2.40. The molecule has 18 heavy (non-hydrogen) atoms. The van der Waals surface area contributed by atoms with Crippen LogP contribution in [0.15, 0.2) is 0 Å². The fourth-order valence-corrected chi connectivity index (χ4v) is 3.24. The summed E-state index contributed by atoms with van der Waals surface area (Å²) in [6.45, 7) is 8.77. The molecule has 1 unspecified atom stereocenters. The van der Waals surface area contributed by atoms with Crippen molar-refractivity contribution in [2.45, 2.75) is 65.0 Å². The maximum absolute atomic E-state index is 12.3. The molecule has 3 atom stereocenters. The van der Waals surface area contributed by atoms with Crippen molar-refractivity contribution < 1.29 is 4.79 Å². The topological polar surface area (TPSA) is 32.3 Å². The summed E-state index contributed by atoms with van der Waals surface area (Å²) in [6.07, 6.45) is 5.95. The van der Waals surface area contributed by atoms with Gasteiger partial charge in [-0.2, -0.15) is 0 Å². The van der Waals surface area contributed by atoms with E-state index in [1.807, 2.05) is 0 Å². The van der Waals surface area contributed by atoms with E-state index in [9.17, 15) is 4.79 Å². The van der Waals surface area contributed by atoms with Gasteiger partial charge in [-0.25, -0.2) is 0 Å². The van der Waals surface area contributed by atoms with Crippen molar-refractivity contribution in [2.24, 2.45) is 11.8 Å². The molecule has 1 aliphatic carbocycles. The Morgan fingerprint density at radius 3 is 2.83 bits per heavy atom. The molecular formula is C15H28N2O. The minimum Gasteiger partial charge on any atom is -0.352 e. The number of carbonyl (C=O) groups is 1. The van der Waals surface area contributed by atoms with Crippen LogP contribution < -0.4 is 5.32 Å². The summed E-state index contributed by atoms with van der Waals surface area (Å²) in [5.74, 6) is 1.78. The van der Waals surface area contributed by atoms with Crippen molar-refractivity contribution in [3.05, 3.63) is 0 Å². The standard InChI is InChI=1S/C15H28N2O/c1-4-17-8-6-5-7-14(17)15(18)16-13-10-12(13)9-11(2)3/h11-14H,4-10H2,1-3H3,(H,16,18)/t12-,13-,14?/m1/s1. The number of hydrogen-bond acceptors (Lipinski definition) is 2. The second kappa shape index (κ2) is 6.05. The number of rotatable bonds is 5. The average molecular weight is 252 g/mol. The minimum absolute atomic E-state index is 0.143. The summed E-state index contributed by atoms with van der Waals surface area (Å²) in [5.41, 5.74) is 0. The number of piperidine rings is 1. The first-order valence-electron chi connectivity index (χ1n) is 7.66. The largest absolute Gasteiger partial charge is 0.352 e. The van der Waals surface area contributed by atoms with E-state index in [0.717, 1.165) is 31.3 Å². The predicted octanol–water partition coefficient (Wildman–Crippen LogP) is 2.41. The molecule has 1 N–H and O–H groups in total. The van der Waals surface area contributed by atoms with E-state index in [1.165, 1.54) is 25.7 Å². The number of likely N-dealkylation sites (N-methyl/N-ethyl adjacent to an activating group) is 1. The zero-order valence-corrected chi connectivity index (χ0v) is 12.1. The number of amides is 1. The van der Waals surface area contributed by atoms with E-state index in [0.29, 0.717) is 6.04 Å². The maximum atomic E-state index is 12.3. The van der Waals surface area contributed by atoms with E-state index in [1.54, 1.807) is 0 Å². The fourth-order valence-electron chi connectivity index (χ4n) is 3.24. The molecule has 1 aliphatic heterocycles. The third-order valence-corrected chi connectivity index (χ3v) is 4.35. The highest BCUT2D eigenvalue weighted by Crippen LogP contribution is 2.36. The third-order valence-electron chi connectivity index (χ3n) is 4.35. The molecule has 0 radical (unpaired) electrons. The van der Waals surface area contributed by atoms with Crippen molar-refractivity contribution in [3.63, 3.8) is 0 Å². The zero-order chi connectivity index (χ0) is 13.1. The lowest BCUT2D eigenvalue weighted by Crippen LogP contribution is -2.50. The summed E-state index contributed by atoms with van der Waals surface area (Å²) < 4.78 is 0. The van der Waals surface area contributed by atoms with Gasteiger partial charge in [0.25, 0.3) is 0 Å². The highest BCUT2D eigenvalue weighted by molar-refractivity contribution is 5.82. The van der Waals surface area contributed by atoms with Crippen molar-refractivity contribution in [1.29, 1.82) is 0 Å². The molecule has 0 aromatic heterocycles. The van der Waals surface area contributed by atoms with Crippen LogP contribution >= 0.6 is 0 Å². The number of nitrogens with zero attached hydrogens (tertiary/aromatic N) is 1. The SMILES string of the molecule is CCN1CCCCC1C(=O)N[C@@H]1C[C@H]1CC(C)C. The second-order valence-corrected chi connectivity index (χ2v) is 6.38. The van der Waals surface area contributed by atoms with Gasteiger partial charge in [-0.15, -0.1) is 0 Å². The van der Waals surface area contributed by atoms with E-state index < -0.39 is 0 Å². The van der Waals surface area contributed by atoms with Crippen LogP contribution in [0.3, 0.4) is 0 Å². The summed E-state index contributed by atoms with van der Waals surface area (Å²) >= 11 is 0. The minimum atomic E-state index is 0.143.